The lowest BCUT2D eigenvalue weighted by atomic mass is 9.87. The number of carbonyl (C=O) groups excluding carboxylic acids is 1. The van der Waals surface area contributed by atoms with Gasteiger partial charge in [0.15, 0.2) is 0 Å². The van der Waals surface area contributed by atoms with Crippen molar-refractivity contribution < 1.29 is 4.79 Å². The molecule has 1 aliphatic carbocycles. The summed E-state index contributed by atoms with van der Waals surface area (Å²) in [4.78, 5) is 13.1. The van der Waals surface area contributed by atoms with Gasteiger partial charge in [-0.1, -0.05) is 51.1 Å². The molecule has 1 amide bonds. The molecule has 0 bridgehead atoms. The third-order valence-electron chi connectivity index (χ3n) is 5.84. The third kappa shape index (κ3) is 3.99. The summed E-state index contributed by atoms with van der Waals surface area (Å²) in [7, 11) is 0. The summed E-state index contributed by atoms with van der Waals surface area (Å²) in [6, 6.07) is 12.5. The van der Waals surface area contributed by atoms with E-state index in [2.05, 4.69) is 76.4 Å². The molecule has 4 rings (SSSR count). The maximum absolute atomic E-state index is 12.4. The fourth-order valence-corrected chi connectivity index (χ4v) is 4.84. The van der Waals surface area contributed by atoms with Crippen molar-refractivity contribution >= 4 is 17.2 Å². The van der Waals surface area contributed by atoms with Crippen LogP contribution < -0.4 is 5.32 Å². The van der Waals surface area contributed by atoms with Crippen LogP contribution in [-0.2, 0) is 5.41 Å². The molecule has 156 valence electrons. The first-order valence-corrected chi connectivity index (χ1v) is 11.3. The number of nitrogens with zero attached hydrogens (tertiary/aromatic N) is 2. The van der Waals surface area contributed by atoms with Gasteiger partial charge in [-0.05, 0) is 54.8 Å². The van der Waals surface area contributed by atoms with Crippen LogP contribution in [0.15, 0.2) is 53.9 Å². The number of rotatable bonds is 4. The lowest BCUT2D eigenvalue weighted by Gasteiger charge is -2.19. The Bertz CT molecular complexity index is 1070. The highest BCUT2D eigenvalue weighted by molar-refractivity contribution is 7.12. The quantitative estimate of drug-likeness (QED) is 0.552. The summed E-state index contributed by atoms with van der Waals surface area (Å²) >= 11 is 1.47. The first kappa shape index (κ1) is 20.6. The van der Waals surface area contributed by atoms with E-state index in [0.717, 1.165) is 28.4 Å². The van der Waals surface area contributed by atoms with E-state index in [0.29, 0.717) is 0 Å². The Morgan fingerprint density at radius 2 is 1.87 bits per heavy atom. The highest BCUT2D eigenvalue weighted by Gasteiger charge is 2.27. The Morgan fingerprint density at radius 1 is 1.13 bits per heavy atom. The monoisotopic (exact) mass is 419 g/mol. The van der Waals surface area contributed by atoms with E-state index in [1.54, 1.807) is 0 Å². The second-order valence-corrected chi connectivity index (χ2v) is 10.0. The van der Waals surface area contributed by atoms with Crippen LogP contribution in [0.1, 0.15) is 65.3 Å². The Kier molecular flexibility index (Phi) is 5.41. The van der Waals surface area contributed by atoms with E-state index in [9.17, 15) is 4.79 Å². The van der Waals surface area contributed by atoms with Gasteiger partial charge in [-0.2, -0.15) is 5.10 Å². The molecule has 2 aromatic heterocycles. The van der Waals surface area contributed by atoms with Crippen LogP contribution in [0.2, 0.25) is 0 Å². The van der Waals surface area contributed by atoms with Crippen molar-refractivity contribution in [3.63, 3.8) is 0 Å². The number of nitrogens with one attached hydrogen (secondary N) is 1. The number of amides is 1. The summed E-state index contributed by atoms with van der Waals surface area (Å²) in [6.07, 6.45) is 5.20. The Balaban J connectivity index is 1.52. The average molecular weight is 420 g/mol. The second-order valence-electron chi connectivity index (χ2n) is 9.08. The molecule has 2 atom stereocenters. The topological polar surface area (TPSA) is 46.9 Å². The first-order chi connectivity index (χ1) is 14.2. The molecule has 1 N–H and O–H groups in total. The predicted octanol–water partition coefficient (Wildman–Crippen LogP) is 5.69. The molecule has 0 saturated carbocycles. The SMILES string of the molecule is Cc1nn(-c2ccc(C(C)(C)C)cc2)c(C)c1[C@H]1C=C[C@@H](NC(=O)c2cccs2)C1. The second kappa shape index (κ2) is 7.88. The zero-order chi connectivity index (χ0) is 21.5. The maximum atomic E-state index is 12.4. The molecule has 0 aliphatic heterocycles. The molecule has 0 radical (unpaired) electrons. The Labute approximate surface area is 182 Å². The number of carbonyl (C=O) groups is 1. The molecule has 1 aromatic carbocycles. The molecule has 0 unspecified atom stereocenters. The van der Waals surface area contributed by atoms with Crippen molar-refractivity contribution in [2.24, 2.45) is 0 Å². The molecule has 0 fully saturated rings. The average Bonchev–Trinajstić information content (AvgIpc) is 3.42. The van der Waals surface area contributed by atoms with Crippen LogP contribution in [0.5, 0.6) is 0 Å². The van der Waals surface area contributed by atoms with Gasteiger partial charge in [0, 0.05) is 23.2 Å². The van der Waals surface area contributed by atoms with Crippen LogP contribution >= 0.6 is 11.3 Å². The van der Waals surface area contributed by atoms with Crippen molar-refractivity contribution in [1.82, 2.24) is 15.1 Å². The van der Waals surface area contributed by atoms with Crippen molar-refractivity contribution in [1.29, 1.82) is 0 Å². The maximum Gasteiger partial charge on any atom is 0.261 e. The van der Waals surface area contributed by atoms with Gasteiger partial charge in [0.25, 0.3) is 5.91 Å². The predicted molar refractivity (Wildman–Crippen MR) is 124 cm³/mol. The van der Waals surface area contributed by atoms with E-state index < -0.39 is 0 Å². The molecule has 3 aromatic rings. The van der Waals surface area contributed by atoms with Gasteiger partial charge in [-0.15, -0.1) is 11.3 Å². The van der Waals surface area contributed by atoms with Crippen LogP contribution in [0.4, 0.5) is 0 Å². The van der Waals surface area contributed by atoms with Gasteiger partial charge in [0.1, 0.15) is 0 Å². The third-order valence-corrected chi connectivity index (χ3v) is 6.71. The van der Waals surface area contributed by atoms with E-state index in [4.69, 9.17) is 5.10 Å². The largest absolute Gasteiger partial charge is 0.345 e. The van der Waals surface area contributed by atoms with E-state index >= 15 is 0 Å². The number of hydrogen-bond donors (Lipinski definition) is 1. The fourth-order valence-electron chi connectivity index (χ4n) is 4.21. The number of thiophene rings is 1. The highest BCUT2D eigenvalue weighted by Crippen LogP contribution is 2.34. The molecular formula is C25H29N3OS. The number of benzene rings is 1. The molecule has 30 heavy (non-hydrogen) atoms. The molecule has 0 saturated heterocycles. The minimum Gasteiger partial charge on any atom is -0.345 e. The van der Waals surface area contributed by atoms with Crippen molar-refractivity contribution in [3.8, 4) is 5.69 Å². The molecule has 5 heteroatoms. The van der Waals surface area contributed by atoms with E-state index in [-0.39, 0.29) is 23.3 Å². The highest BCUT2D eigenvalue weighted by atomic mass is 32.1. The van der Waals surface area contributed by atoms with Crippen LogP contribution in [0.25, 0.3) is 5.69 Å². The summed E-state index contributed by atoms with van der Waals surface area (Å²) < 4.78 is 2.04. The minimum atomic E-state index is 0.00313. The van der Waals surface area contributed by atoms with Gasteiger partial charge in [0.2, 0.25) is 0 Å². The van der Waals surface area contributed by atoms with Gasteiger partial charge < -0.3 is 5.32 Å². The van der Waals surface area contributed by atoms with Crippen LogP contribution in [0.3, 0.4) is 0 Å². The summed E-state index contributed by atoms with van der Waals surface area (Å²) in [5, 5.41) is 9.90. The smallest absolute Gasteiger partial charge is 0.261 e. The van der Waals surface area contributed by atoms with Crippen molar-refractivity contribution in [2.75, 3.05) is 0 Å². The van der Waals surface area contributed by atoms with Gasteiger partial charge in [0.05, 0.1) is 16.3 Å². The normalized spacial score (nSPS) is 18.7. The van der Waals surface area contributed by atoms with Crippen molar-refractivity contribution in [3.05, 3.63) is 81.3 Å². The van der Waals surface area contributed by atoms with E-state index in [1.807, 2.05) is 22.2 Å². The lowest BCUT2D eigenvalue weighted by molar-refractivity contribution is 0.0948. The van der Waals surface area contributed by atoms with Gasteiger partial charge in [-0.3, -0.25) is 4.79 Å². The Morgan fingerprint density at radius 3 is 2.50 bits per heavy atom. The first-order valence-electron chi connectivity index (χ1n) is 10.4. The summed E-state index contributed by atoms with van der Waals surface area (Å²) in [5.41, 5.74) is 6.01. The van der Waals surface area contributed by atoms with Gasteiger partial charge in [-0.25, -0.2) is 4.68 Å². The number of allylic oxidation sites excluding steroid dienone is 1. The summed E-state index contributed by atoms with van der Waals surface area (Å²) in [6.45, 7) is 10.9. The fraction of sp³-hybridized carbons (Fsp3) is 0.360. The standard InChI is InChI=1S/C25H29N3OS/c1-16-23(18-8-11-20(15-18)26-24(29)22-7-6-14-30-22)17(2)28(27-16)21-12-9-19(10-13-21)25(3,4)5/h6-14,18,20H,15H2,1-5H3,(H,26,29)/t18-,20+/m0/s1. The zero-order valence-corrected chi connectivity index (χ0v) is 19.1. The Hall–Kier alpha value is -2.66. The molecule has 0 spiro atoms. The molecule has 2 heterocycles. The molecule has 1 aliphatic rings. The van der Waals surface area contributed by atoms with Crippen LogP contribution in [-0.4, -0.2) is 21.7 Å². The van der Waals surface area contributed by atoms with Gasteiger partial charge >= 0.3 is 0 Å². The number of aryl methyl sites for hydroxylation is 1. The number of hydrogen-bond acceptors (Lipinski definition) is 3. The lowest BCUT2D eigenvalue weighted by Crippen LogP contribution is -2.32. The van der Waals surface area contributed by atoms with Crippen molar-refractivity contribution in [2.45, 2.75) is 58.4 Å². The molecular weight excluding hydrogens is 390 g/mol. The van der Waals surface area contributed by atoms with E-state index in [1.165, 1.54) is 22.5 Å². The number of aromatic nitrogens is 2. The summed E-state index contributed by atoms with van der Waals surface area (Å²) in [5.74, 6) is 0.268. The zero-order valence-electron chi connectivity index (χ0n) is 18.3. The van der Waals surface area contributed by atoms with Crippen LogP contribution in [0, 0.1) is 13.8 Å². The molecule has 4 nitrogen and oxygen atoms in total. The minimum absolute atomic E-state index is 0.00313.